The third kappa shape index (κ3) is 6.75. The number of hydrogen-bond acceptors (Lipinski definition) is 5. The molecule has 2 aromatic rings. The molecule has 2 aromatic carbocycles. The van der Waals surface area contributed by atoms with E-state index >= 15 is 0 Å². The topological polar surface area (TPSA) is 93.7 Å². The maximum atomic E-state index is 12.0. The van der Waals surface area contributed by atoms with Gasteiger partial charge in [0.1, 0.15) is 12.3 Å². The van der Waals surface area contributed by atoms with Crippen molar-refractivity contribution in [2.75, 3.05) is 26.8 Å². The molecule has 7 heteroatoms. The van der Waals surface area contributed by atoms with Crippen molar-refractivity contribution in [3.63, 3.8) is 0 Å². The standard InChI is InChI=1S/C21H24N2O5/c1-15(16-6-4-3-5-7-16)12-22-19(24)14-28-20(25)13-23-21(26)17-8-10-18(27-2)11-9-17/h3-11,15H,12-14H2,1-2H3,(H,22,24)(H,23,26)/t15-/m0/s1. The van der Waals surface area contributed by atoms with Crippen molar-refractivity contribution in [2.24, 2.45) is 0 Å². The molecule has 0 aromatic heterocycles. The Hall–Kier alpha value is -3.35. The van der Waals surface area contributed by atoms with E-state index in [2.05, 4.69) is 10.6 Å². The highest BCUT2D eigenvalue weighted by atomic mass is 16.5. The van der Waals surface area contributed by atoms with Gasteiger partial charge in [-0.3, -0.25) is 14.4 Å². The molecule has 0 saturated carbocycles. The lowest BCUT2D eigenvalue weighted by Crippen LogP contribution is -2.35. The molecule has 0 aliphatic rings. The zero-order valence-corrected chi connectivity index (χ0v) is 15.9. The molecule has 1 atom stereocenters. The lowest BCUT2D eigenvalue weighted by Gasteiger charge is -2.13. The number of carbonyl (C=O) groups excluding carboxylic acids is 3. The van der Waals surface area contributed by atoms with Crippen molar-refractivity contribution < 1.29 is 23.9 Å². The van der Waals surface area contributed by atoms with Crippen LogP contribution in [0.5, 0.6) is 5.75 Å². The highest BCUT2D eigenvalue weighted by molar-refractivity contribution is 5.96. The molecule has 0 fully saturated rings. The van der Waals surface area contributed by atoms with Gasteiger partial charge in [-0.1, -0.05) is 37.3 Å². The molecular weight excluding hydrogens is 360 g/mol. The van der Waals surface area contributed by atoms with E-state index in [1.165, 1.54) is 7.11 Å². The zero-order valence-electron chi connectivity index (χ0n) is 15.9. The van der Waals surface area contributed by atoms with Gasteiger partial charge in [0, 0.05) is 12.1 Å². The molecule has 7 nitrogen and oxygen atoms in total. The van der Waals surface area contributed by atoms with Crippen LogP contribution in [-0.4, -0.2) is 44.6 Å². The summed E-state index contributed by atoms with van der Waals surface area (Å²) in [5.74, 6) is -0.723. The number of carbonyl (C=O) groups is 3. The van der Waals surface area contributed by atoms with Crippen molar-refractivity contribution in [3.8, 4) is 5.75 Å². The molecular formula is C21H24N2O5. The average molecular weight is 384 g/mol. The third-order valence-electron chi connectivity index (χ3n) is 4.08. The Morgan fingerprint density at radius 3 is 2.29 bits per heavy atom. The molecule has 0 radical (unpaired) electrons. The van der Waals surface area contributed by atoms with Crippen molar-refractivity contribution in [1.29, 1.82) is 0 Å². The van der Waals surface area contributed by atoms with E-state index < -0.39 is 24.4 Å². The van der Waals surface area contributed by atoms with Gasteiger partial charge in [-0.05, 0) is 35.7 Å². The maximum Gasteiger partial charge on any atom is 0.325 e. The molecule has 148 valence electrons. The lowest BCUT2D eigenvalue weighted by atomic mass is 10.0. The monoisotopic (exact) mass is 384 g/mol. The van der Waals surface area contributed by atoms with Gasteiger partial charge < -0.3 is 20.1 Å². The predicted molar refractivity (Wildman–Crippen MR) is 104 cm³/mol. The molecule has 0 saturated heterocycles. The number of esters is 1. The molecule has 0 aliphatic carbocycles. The second-order valence-corrected chi connectivity index (χ2v) is 6.19. The minimum absolute atomic E-state index is 0.143. The number of benzene rings is 2. The van der Waals surface area contributed by atoms with Crippen LogP contribution in [0.1, 0.15) is 28.8 Å². The van der Waals surface area contributed by atoms with Crippen molar-refractivity contribution in [2.45, 2.75) is 12.8 Å². The molecule has 0 bridgehead atoms. The SMILES string of the molecule is COc1ccc(C(=O)NCC(=O)OCC(=O)NC[C@H](C)c2ccccc2)cc1. The summed E-state index contributed by atoms with van der Waals surface area (Å²) >= 11 is 0. The van der Waals surface area contributed by atoms with Gasteiger partial charge in [-0.25, -0.2) is 0 Å². The summed E-state index contributed by atoms with van der Waals surface area (Å²) < 4.78 is 9.90. The smallest absolute Gasteiger partial charge is 0.325 e. The van der Waals surface area contributed by atoms with Crippen LogP contribution < -0.4 is 15.4 Å². The summed E-state index contributed by atoms with van der Waals surface area (Å²) in [4.78, 5) is 35.5. The fourth-order valence-corrected chi connectivity index (χ4v) is 2.41. The minimum atomic E-state index is -0.687. The first kappa shape index (κ1) is 21.0. The minimum Gasteiger partial charge on any atom is -0.497 e. The van der Waals surface area contributed by atoms with Crippen LogP contribution in [0.15, 0.2) is 54.6 Å². The first-order chi connectivity index (χ1) is 13.5. The molecule has 2 N–H and O–H groups in total. The van der Waals surface area contributed by atoms with Gasteiger partial charge in [-0.2, -0.15) is 0 Å². The van der Waals surface area contributed by atoms with Crippen LogP contribution in [0.3, 0.4) is 0 Å². The van der Waals surface area contributed by atoms with Crippen LogP contribution >= 0.6 is 0 Å². The average Bonchev–Trinajstić information content (AvgIpc) is 2.74. The van der Waals surface area contributed by atoms with Crippen LogP contribution in [0.25, 0.3) is 0 Å². The number of methoxy groups -OCH3 is 1. The van der Waals surface area contributed by atoms with Gasteiger partial charge in [0.25, 0.3) is 11.8 Å². The quantitative estimate of drug-likeness (QED) is 0.644. The van der Waals surface area contributed by atoms with E-state index in [-0.39, 0.29) is 12.5 Å². The Bertz CT molecular complexity index is 790. The fourth-order valence-electron chi connectivity index (χ4n) is 2.41. The van der Waals surface area contributed by atoms with Crippen LogP contribution in [0.4, 0.5) is 0 Å². The number of nitrogens with one attached hydrogen (secondary N) is 2. The number of hydrogen-bond donors (Lipinski definition) is 2. The van der Waals surface area contributed by atoms with E-state index in [1.54, 1.807) is 24.3 Å². The van der Waals surface area contributed by atoms with Crippen molar-refractivity contribution in [3.05, 3.63) is 65.7 Å². The van der Waals surface area contributed by atoms with Crippen molar-refractivity contribution in [1.82, 2.24) is 10.6 Å². The highest BCUT2D eigenvalue weighted by Crippen LogP contribution is 2.13. The Morgan fingerprint density at radius 2 is 1.64 bits per heavy atom. The molecule has 0 aliphatic heterocycles. The summed E-state index contributed by atoms with van der Waals surface area (Å²) in [5, 5.41) is 5.17. The second kappa shape index (κ2) is 10.7. The zero-order chi connectivity index (χ0) is 20.4. The van der Waals surface area contributed by atoms with E-state index in [0.29, 0.717) is 17.9 Å². The predicted octanol–water partition coefficient (Wildman–Crippen LogP) is 1.89. The third-order valence-corrected chi connectivity index (χ3v) is 4.08. The molecule has 28 heavy (non-hydrogen) atoms. The normalized spacial score (nSPS) is 11.2. The van der Waals surface area contributed by atoms with Gasteiger partial charge >= 0.3 is 5.97 Å². The molecule has 0 unspecified atom stereocenters. The van der Waals surface area contributed by atoms with E-state index in [9.17, 15) is 14.4 Å². The van der Waals surface area contributed by atoms with Gasteiger partial charge in [-0.15, -0.1) is 0 Å². The summed E-state index contributed by atoms with van der Waals surface area (Å²) in [6, 6.07) is 16.3. The van der Waals surface area contributed by atoms with Gasteiger partial charge in [0.2, 0.25) is 0 Å². The Morgan fingerprint density at radius 1 is 0.964 bits per heavy atom. The van der Waals surface area contributed by atoms with E-state index in [1.807, 2.05) is 37.3 Å². The number of rotatable bonds is 9. The Balaban J connectivity index is 1.65. The molecule has 0 spiro atoms. The number of ether oxygens (including phenoxy) is 2. The summed E-state index contributed by atoms with van der Waals surface area (Å²) in [7, 11) is 1.53. The summed E-state index contributed by atoms with van der Waals surface area (Å²) in [6.07, 6.45) is 0. The van der Waals surface area contributed by atoms with Gasteiger partial charge in [0.15, 0.2) is 6.61 Å². The van der Waals surface area contributed by atoms with Gasteiger partial charge in [0.05, 0.1) is 7.11 Å². The first-order valence-corrected chi connectivity index (χ1v) is 8.89. The molecule has 2 rings (SSSR count). The highest BCUT2D eigenvalue weighted by Gasteiger charge is 2.12. The summed E-state index contributed by atoms with van der Waals surface area (Å²) in [5.41, 5.74) is 1.50. The van der Waals surface area contributed by atoms with Crippen LogP contribution in [0.2, 0.25) is 0 Å². The van der Waals surface area contributed by atoms with Crippen LogP contribution in [-0.2, 0) is 14.3 Å². The molecule has 2 amide bonds. The van der Waals surface area contributed by atoms with E-state index in [4.69, 9.17) is 9.47 Å². The van der Waals surface area contributed by atoms with Crippen LogP contribution in [0, 0.1) is 0 Å². The van der Waals surface area contributed by atoms with Crippen molar-refractivity contribution >= 4 is 17.8 Å². The first-order valence-electron chi connectivity index (χ1n) is 8.89. The second-order valence-electron chi connectivity index (χ2n) is 6.19. The molecule has 0 heterocycles. The Labute approximate surface area is 164 Å². The fraction of sp³-hybridized carbons (Fsp3) is 0.286. The Kier molecular flexibility index (Phi) is 8.02. The maximum absolute atomic E-state index is 12.0. The largest absolute Gasteiger partial charge is 0.497 e. The lowest BCUT2D eigenvalue weighted by molar-refractivity contribution is -0.147. The number of amides is 2. The summed E-state index contributed by atoms with van der Waals surface area (Å²) in [6.45, 7) is 1.72. The van der Waals surface area contributed by atoms with E-state index in [0.717, 1.165) is 5.56 Å².